The minimum absolute atomic E-state index is 0.0393. The number of fused-ring (bicyclic) bond motifs is 2. The lowest BCUT2D eigenvalue weighted by Gasteiger charge is -1.99. The third kappa shape index (κ3) is 3.72. The average molecular weight is 397 g/mol. The minimum atomic E-state index is 0.0393. The molecule has 0 atom stereocenters. The summed E-state index contributed by atoms with van der Waals surface area (Å²) in [5.74, 6) is 0. The number of aromatic nitrogens is 2. The standard InChI is InChI=1S/C10H8BrNO.C10H9NO/c1-6-2-3-9-7(4-6)10(13)8(11)5-12-9;1-7-2-3-9-8(6-7)10(12)4-5-11-9/h2-5H,1H3,(H,12,13);2-6H,1H3,(H,11,12). The van der Waals surface area contributed by atoms with Gasteiger partial charge < -0.3 is 9.97 Å². The zero-order valence-electron chi connectivity index (χ0n) is 13.9. The average Bonchev–Trinajstić information content (AvgIpc) is 2.60. The van der Waals surface area contributed by atoms with Gasteiger partial charge in [-0.3, -0.25) is 9.59 Å². The maximum absolute atomic E-state index is 11.6. The highest BCUT2D eigenvalue weighted by molar-refractivity contribution is 9.10. The summed E-state index contributed by atoms with van der Waals surface area (Å²) in [7, 11) is 0. The lowest BCUT2D eigenvalue weighted by Crippen LogP contribution is -2.03. The lowest BCUT2D eigenvalue weighted by molar-refractivity contribution is 1.35. The molecule has 2 aromatic heterocycles. The molecule has 2 heterocycles. The first-order valence-corrected chi connectivity index (χ1v) is 8.60. The first kappa shape index (κ1) is 17.2. The number of aryl methyl sites for hydroxylation is 2. The Labute approximate surface area is 152 Å². The normalized spacial score (nSPS) is 10.5. The van der Waals surface area contributed by atoms with Gasteiger partial charge in [0.25, 0.3) is 0 Å². The van der Waals surface area contributed by atoms with Crippen LogP contribution in [-0.2, 0) is 0 Å². The Bertz CT molecular complexity index is 1170. The fourth-order valence-corrected chi connectivity index (χ4v) is 2.92. The van der Waals surface area contributed by atoms with E-state index in [1.807, 2.05) is 50.2 Å². The summed E-state index contributed by atoms with van der Waals surface area (Å²) in [4.78, 5) is 29.0. The van der Waals surface area contributed by atoms with Crippen LogP contribution >= 0.6 is 15.9 Å². The second kappa shape index (κ2) is 7.07. The SMILES string of the molecule is Cc1ccc2[nH]cc(Br)c(=O)c2c1.Cc1ccc2[nH]ccc(=O)c2c1. The molecular weight excluding hydrogens is 380 g/mol. The van der Waals surface area contributed by atoms with Crippen LogP contribution in [0, 0.1) is 13.8 Å². The van der Waals surface area contributed by atoms with Gasteiger partial charge in [0.2, 0.25) is 5.43 Å². The Morgan fingerprint density at radius 2 is 1.40 bits per heavy atom. The van der Waals surface area contributed by atoms with Gasteiger partial charge in [-0.15, -0.1) is 0 Å². The molecule has 0 radical (unpaired) electrons. The lowest BCUT2D eigenvalue weighted by atomic mass is 10.1. The molecule has 0 aliphatic heterocycles. The van der Waals surface area contributed by atoms with Crippen LogP contribution in [0.3, 0.4) is 0 Å². The van der Waals surface area contributed by atoms with Crippen LogP contribution in [0.25, 0.3) is 21.8 Å². The van der Waals surface area contributed by atoms with Gasteiger partial charge in [0.15, 0.2) is 5.43 Å². The summed E-state index contributed by atoms with van der Waals surface area (Å²) < 4.78 is 0.575. The summed E-state index contributed by atoms with van der Waals surface area (Å²) in [6.45, 7) is 3.95. The Kier molecular flexibility index (Phi) is 4.86. The molecule has 2 aromatic carbocycles. The summed E-state index contributed by atoms with van der Waals surface area (Å²) in [5, 5.41) is 1.49. The van der Waals surface area contributed by atoms with Gasteiger partial charge in [0.1, 0.15) is 0 Å². The van der Waals surface area contributed by atoms with Gasteiger partial charge in [0, 0.05) is 40.3 Å². The van der Waals surface area contributed by atoms with E-state index in [1.165, 1.54) is 0 Å². The molecule has 0 spiro atoms. The number of halogens is 1. The van der Waals surface area contributed by atoms with E-state index in [0.717, 1.165) is 32.9 Å². The minimum Gasteiger partial charge on any atom is -0.361 e. The first-order valence-electron chi connectivity index (χ1n) is 7.81. The summed E-state index contributed by atoms with van der Waals surface area (Å²) >= 11 is 3.20. The Hall–Kier alpha value is -2.66. The molecule has 0 saturated heterocycles. The number of hydrogen-bond donors (Lipinski definition) is 2. The highest BCUT2D eigenvalue weighted by atomic mass is 79.9. The van der Waals surface area contributed by atoms with E-state index in [-0.39, 0.29) is 10.9 Å². The van der Waals surface area contributed by atoms with Crippen LogP contribution in [0.1, 0.15) is 11.1 Å². The molecule has 0 unspecified atom stereocenters. The Balaban J connectivity index is 0.000000146. The van der Waals surface area contributed by atoms with Crippen LogP contribution in [0.4, 0.5) is 0 Å². The molecule has 4 nitrogen and oxygen atoms in total. The highest BCUT2D eigenvalue weighted by Gasteiger charge is 2.01. The molecule has 0 amide bonds. The van der Waals surface area contributed by atoms with E-state index in [0.29, 0.717) is 4.47 Å². The first-order chi connectivity index (χ1) is 12.0. The number of pyridine rings is 2. The molecule has 0 fully saturated rings. The molecular formula is C20H17BrN2O2. The molecule has 5 heteroatoms. The van der Waals surface area contributed by atoms with E-state index >= 15 is 0 Å². The summed E-state index contributed by atoms with van der Waals surface area (Å²) in [6.07, 6.45) is 3.33. The fraction of sp³-hybridized carbons (Fsp3) is 0.100. The number of nitrogens with one attached hydrogen (secondary N) is 2. The van der Waals surface area contributed by atoms with Crippen molar-refractivity contribution >= 4 is 37.7 Å². The zero-order chi connectivity index (χ0) is 18.0. The van der Waals surface area contributed by atoms with Crippen molar-refractivity contribution in [3.63, 3.8) is 0 Å². The van der Waals surface area contributed by atoms with Gasteiger partial charge >= 0.3 is 0 Å². The Morgan fingerprint density at radius 3 is 2.08 bits per heavy atom. The molecule has 25 heavy (non-hydrogen) atoms. The third-order valence-electron chi connectivity index (χ3n) is 3.91. The van der Waals surface area contributed by atoms with Gasteiger partial charge in [-0.2, -0.15) is 0 Å². The van der Waals surface area contributed by atoms with Crippen molar-refractivity contribution in [3.05, 3.63) is 90.9 Å². The van der Waals surface area contributed by atoms with E-state index in [2.05, 4.69) is 25.9 Å². The van der Waals surface area contributed by atoms with Crippen LogP contribution in [0.15, 0.2) is 68.9 Å². The zero-order valence-corrected chi connectivity index (χ0v) is 15.5. The maximum Gasteiger partial charge on any atom is 0.203 e. The molecule has 0 aliphatic carbocycles. The summed E-state index contributed by atoms with van der Waals surface area (Å²) in [5.41, 5.74) is 4.09. The second-order valence-corrected chi connectivity index (χ2v) is 6.76. The smallest absolute Gasteiger partial charge is 0.203 e. The molecule has 4 rings (SSSR count). The van der Waals surface area contributed by atoms with Gasteiger partial charge in [0.05, 0.1) is 4.47 Å². The molecule has 2 N–H and O–H groups in total. The van der Waals surface area contributed by atoms with Crippen LogP contribution in [0.2, 0.25) is 0 Å². The van der Waals surface area contributed by atoms with Crippen molar-refractivity contribution < 1.29 is 0 Å². The van der Waals surface area contributed by atoms with Crippen LogP contribution in [-0.4, -0.2) is 9.97 Å². The van der Waals surface area contributed by atoms with Crippen molar-refractivity contribution in [1.82, 2.24) is 9.97 Å². The quantitative estimate of drug-likeness (QED) is 0.461. The molecule has 0 aliphatic rings. The summed E-state index contributed by atoms with van der Waals surface area (Å²) in [6, 6.07) is 13.1. The highest BCUT2D eigenvalue weighted by Crippen LogP contribution is 2.12. The molecule has 0 bridgehead atoms. The predicted molar refractivity (Wildman–Crippen MR) is 106 cm³/mol. The third-order valence-corrected chi connectivity index (χ3v) is 4.49. The number of aromatic amines is 2. The number of H-pyrrole nitrogens is 2. The molecule has 126 valence electrons. The van der Waals surface area contributed by atoms with E-state index in [9.17, 15) is 9.59 Å². The maximum atomic E-state index is 11.6. The van der Waals surface area contributed by atoms with E-state index in [4.69, 9.17) is 0 Å². The largest absolute Gasteiger partial charge is 0.361 e. The number of rotatable bonds is 0. The van der Waals surface area contributed by atoms with Crippen molar-refractivity contribution in [3.8, 4) is 0 Å². The van der Waals surface area contributed by atoms with E-state index in [1.54, 1.807) is 18.5 Å². The van der Waals surface area contributed by atoms with Crippen molar-refractivity contribution in [2.75, 3.05) is 0 Å². The number of benzene rings is 2. The van der Waals surface area contributed by atoms with Crippen molar-refractivity contribution in [2.45, 2.75) is 13.8 Å². The van der Waals surface area contributed by atoms with Gasteiger partial charge in [-0.05, 0) is 54.0 Å². The second-order valence-electron chi connectivity index (χ2n) is 5.91. The van der Waals surface area contributed by atoms with Crippen LogP contribution < -0.4 is 10.9 Å². The Morgan fingerprint density at radius 1 is 0.800 bits per heavy atom. The number of hydrogen-bond acceptors (Lipinski definition) is 2. The van der Waals surface area contributed by atoms with Gasteiger partial charge in [-0.25, -0.2) is 0 Å². The van der Waals surface area contributed by atoms with Crippen molar-refractivity contribution in [1.29, 1.82) is 0 Å². The predicted octanol–water partition coefficient (Wildman–Crippen LogP) is 4.44. The van der Waals surface area contributed by atoms with Gasteiger partial charge in [-0.1, -0.05) is 23.3 Å². The van der Waals surface area contributed by atoms with E-state index < -0.39 is 0 Å². The molecule has 0 saturated carbocycles. The van der Waals surface area contributed by atoms with Crippen molar-refractivity contribution in [2.24, 2.45) is 0 Å². The monoisotopic (exact) mass is 396 g/mol. The topological polar surface area (TPSA) is 65.7 Å². The molecule has 4 aromatic rings. The fourth-order valence-electron chi connectivity index (χ4n) is 2.59. The van der Waals surface area contributed by atoms with Crippen LogP contribution in [0.5, 0.6) is 0 Å².